The Kier molecular flexibility index (Phi) is 5.82. The van der Waals surface area contributed by atoms with Gasteiger partial charge in [-0.3, -0.25) is 0 Å². The fourth-order valence-corrected chi connectivity index (χ4v) is 1.74. The molecule has 0 heterocycles. The van der Waals surface area contributed by atoms with Crippen LogP contribution in [0.25, 0.3) is 5.57 Å². The quantitative estimate of drug-likeness (QED) is 0.753. The van der Waals surface area contributed by atoms with E-state index < -0.39 is 11.7 Å². The summed E-state index contributed by atoms with van der Waals surface area (Å²) in [6, 6.07) is 8.30. The van der Waals surface area contributed by atoms with Gasteiger partial charge in [0.15, 0.2) is 0 Å². The van der Waals surface area contributed by atoms with Crippen LogP contribution < -0.4 is 5.73 Å². The highest BCUT2D eigenvalue weighted by Crippen LogP contribution is 2.35. The summed E-state index contributed by atoms with van der Waals surface area (Å²) in [5, 5.41) is 0. The average molecular weight is 295 g/mol. The lowest BCUT2D eigenvalue weighted by atomic mass is 9.97. The second kappa shape index (κ2) is 7.16. The summed E-state index contributed by atoms with van der Waals surface area (Å²) >= 11 is 0. The second-order valence-corrected chi connectivity index (χ2v) is 4.90. The predicted octanol–water partition coefficient (Wildman–Crippen LogP) is 5.08. The van der Waals surface area contributed by atoms with Crippen molar-refractivity contribution in [3.63, 3.8) is 0 Å². The third-order valence-electron chi connectivity index (χ3n) is 3.38. The minimum absolute atomic E-state index is 0.0423. The Balaban J connectivity index is 3.17. The molecule has 1 aromatic carbocycles. The summed E-state index contributed by atoms with van der Waals surface area (Å²) in [7, 11) is 0. The van der Waals surface area contributed by atoms with Gasteiger partial charge in [0.1, 0.15) is 0 Å². The molecule has 0 aliphatic carbocycles. The zero-order valence-electron chi connectivity index (χ0n) is 12.2. The van der Waals surface area contributed by atoms with Gasteiger partial charge < -0.3 is 5.73 Å². The molecule has 1 aromatic rings. The normalized spacial score (nSPS) is 14.9. The maximum atomic E-state index is 13.2. The Hall–Kier alpha value is -1.97. The molecule has 0 amide bonds. The molecule has 2 N–H and O–H groups in total. The van der Waals surface area contributed by atoms with E-state index in [9.17, 15) is 13.2 Å². The number of hydrogen-bond donors (Lipinski definition) is 1. The summed E-state index contributed by atoms with van der Waals surface area (Å²) in [6.07, 6.45) is -1.36. The molecule has 1 atom stereocenters. The smallest absolute Gasteiger partial charge is 0.402 e. The third kappa shape index (κ3) is 4.81. The maximum absolute atomic E-state index is 13.2. The summed E-state index contributed by atoms with van der Waals surface area (Å²) in [6.45, 7) is 7.38. The highest BCUT2D eigenvalue weighted by atomic mass is 19.4. The van der Waals surface area contributed by atoms with E-state index in [1.165, 1.54) is 6.08 Å². The lowest BCUT2D eigenvalue weighted by molar-refractivity contribution is -0.0870. The van der Waals surface area contributed by atoms with Crippen LogP contribution in [0.3, 0.4) is 0 Å². The Labute approximate surface area is 123 Å². The first kappa shape index (κ1) is 17.1. The van der Waals surface area contributed by atoms with Gasteiger partial charge in [0, 0.05) is 5.70 Å². The fourth-order valence-electron chi connectivity index (χ4n) is 1.74. The van der Waals surface area contributed by atoms with Crippen LogP contribution in [0.15, 0.2) is 60.3 Å². The molecule has 1 unspecified atom stereocenters. The van der Waals surface area contributed by atoms with Gasteiger partial charge in [0.2, 0.25) is 0 Å². The van der Waals surface area contributed by atoms with Gasteiger partial charge >= 0.3 is 6.18 Å². The Morgan fingerprint density at radius 2 is 1.81 bits per heavy atom. The number of nitrogens with two attached hydrogens (primary N) is 1. The monoisotopic (exact) mass is 295 g/mol. The number of alkyl halides is 3. The lowest BCUT2D eigenvalue weighted by Gasteiger charge is -2.15. The fraction of sp³-hybridized carbons (Fsp3) is 0.294. The third-order valence-corrected chi connectivity index (χ3v) is 3.38. The van der Waals surface area contributed by atoms with Crippen molar-refractivity contribution in [1.29, 1.82) is 0 Å². The van der Waals surface area contributed by atoms with E-state index in [1.54, 1.807) is 30.3 Å². The molecule has 0 bridgehead atoms. The van der Waals surface area contributed by atoms with Crippen LogP contribution in [0.4, 0.5) is 13.2 Å². The highest BCUT2D eigenvalue weighted by molar-refractivity contribution is 5.78. The van der Waals surface area contributed by atoms with Crippen molar-refractivity contribution < 1.29 is 13.2 Å². The van der Waals surface area contributed by atoms with Crippen LogP contribution in [0.1, 0.15) is 25.8 Å². The molecular formula is C17H20F3N. The van der Waals surface area contributed by atoms with Crippen molar-refractivity contribution >= 4 is 5.57 Å². The first-order chi connectivity index (χ1) is 9.77. The van der Waals surface area contributed by atoms with Gasteiger partial charge in [-0.1, -0.05) is 50.8 Å². The molecule has 4 heteroatoms. The largest absolute Gasteiger partial charge is 0.416 e. The van der Waals surface area contributed by atoms with Crippen LogP contribution in [0.2, 0.25) is 0 Å². The first-order valence-corrected chi connectivity index (χ1v) is 6.76. The molecule has 0 saturated heterocycles. The highest BCUT2D eigenvalue weighted by Gasteiger charge is 2.35. The zero-order valence-corrected chi connectivity index (χ0v) is 12.2. The molecule has 21 heavy (non-hydrogen) atoms. The molecule has 1 nitrogen and oxygen atoms in total. The van der Waals surface area contributed by atoms with Gasteiger partial charge in [-0.2, -0.15) is 13.2 Å². The summed E-state index contributed by atoms with van der Waals surface area (Å²) in [5.41, 5.74) is 5.81. The molecule has 114 valence electrons. The van der Waals surface area contributed by atoms with Crippen LogP contribution in [-0.4, -0.2) is 6.18 Å². The average Bonchev–Trinajstić information content (AvgIpc) is 2.45. The number of halogens is 3. The number of allylic oxidation sites excluding steroid dienone is 5. The van der Waals surface area contributed by atoms with Gasteiger partial charge in [-0.05, 0) is 35.6 Å². The van der Waals surface area contributed by atoms with Gasteiger partial charge in [-0.25, -0.2) is 0 Å². The number of benzene rings is 1. The molecule has 0 aliphatic rings. The first-order valence-electron chi connectivity index (χ1n) is 6.76. The Bertz CT molecular complexity index is 539. The molecule has 0 aliphatic heterocycles. The lowest BCUT2D eigenvalue weighted by Crippen LogP contribution is -2.13. The Morgan fingerprint density at radius 3 is 2.29 bits per heavy atom. The molecule has 0 spiro atoms. The molecule has 0 fully saturated rings. The molecule has 0 radical (unpaired) electrons. The van der Waals surface area contributed by atoms with E-state index in [-0.39, 0.29) is 11.5 Å². The van der Waals surface area contributed by atoms with Crippen LogP contribution in [-0.2, 0) is 0 Å². The van der Waals surface area contributed by atoms with Crippen LogP contribution in [0.5, 0.6) is 0 Å². The van der Waals surface area contributed by atoms with Gasteiger partial charge in [-0.15, -0.1) is 0 Å². The molecule has 0 saturated carbocycles. The van der Waals surface area contributed by atoms with Crippen molar-refractivity contribution in [2.45, 2.75) is 26.4 Å². The van der Waals surface area contributed by atoms with Crippen molar-refractivity contribution in [2.75, 3.05) is 0 Å². The minimum atomic E-state index is -4.47. The summed E-state index contributed by atoms with van der Waals surface area (Å²) in [4.78, 5) is 0. The zero-order chi connectivity index (χ0) is 16.0. The van der Waals surface area contributed by atoms with E-state index in [0.29, 0.717) is 11.3 Å². The molecular weight excluding hydrogens is 275 g/mol. The van der Waals surface area contributed by atoms with Gasteiger partial charge in [0.25, 0.3) is 0 Å². The van der Waals surface area contributed by atoms with E-state index in [0.717, 1.165) is 12.5 Å². The maximum Gasteiger partial charge on any atom is 0.416 e. The van der Waals surface area contributed by atoms with Crippen molar-refractivity contribution in [1.82, 2.24) is 0 Å². The number of rotatable bonds is 5. The van der Waals surface area contributed by atoms with Crippen molar-refractivity contribution in [3.05, 3.63) is 65.9 Å². The van der Waals surface area contributed by atoms with E-state index >= 15 is 0 Å². The van der Waals surface area contributed by atoms with E-state index in [4.69, 9.17) is 5.73 Å². The van der Waals surface area contributed by atoms with E-state index in [1.807, 2.05) is 13.8 Å². The van der Waals surface area contributed by atoms with Crippen LogP contribution in [0, 0.1) is 5.92 Å². The predicted molar refractivity (Wildman–Crippen MR) is 81.3 cm³/mol. The minimum Gasteiger partial charge on any atom is -0.402 e. The summed E-state index contributed by atoms with van der Waals surface area (Å²) < 4.78 is 39.6. The SMILES string of the molecule is C=C(/C(=C\C=C(\N)C(C)CC)C(F)(F)F)c1ccccc1. The molecule has 1 rings (SSSR count). The van der Waals surface area contributed by atoms with E-state index in [2.05, 4.69) is 6.58 Å². The molecule has 0 aromatic heterocycles. The topological polar surface area (TPSA) is 26.0 Å². The standard InChI is InChI=1S/C17H20F3N/c1-4-12(2)16(21)11-10-15(17(18,19)20)13(3)14-8-6-5-7-9-14/h5-12H,3-4,21H2,1-2H3/b15-10+,16-11+. The Morgan fingerprint density at radius 1 is 1.24 bits per heavy atom. The van der Waals surface area contributed by atoms with Crippen molar-refractivity contribution in [3.8, 4) is 0 Å². The summed E-state index contributed by atoms with van der Waals surface area (Å²) in [5.74, 6) is 0.0423. The van der Waals surface area contributed by atoms with Crippen molar-refractivity contribution in [2.24, 2.45) is 11.7 Å². The van der Waals surface area contributed by atoms with Gasteiger partial charge in [0.05, 0.1) is 5.57 Å². The number of hydrogen-bond acceptors (Lipinski definition) is 1. The second-order valence-electron chi connectivity index (χ2n) is 4.90. The van der Waals surface area contributed by atoms with Crippen LogP contribution >= 0.6 is 0 Å².